The molecular weight excluding hydrogens is 264 g/mol. The van der Waals surface area contributed by atoms with Crippen LogP contribution >= 0.6 is 0 Å². The van der Waals surface area contributed by atoms with Crippen molar-refractivity contribution in [2.24, 2.45) is 5.92 Å². The van der Waals surface area contributed by atoms with Crippen molar-refractivity contribution in [2.45, 2.75) is 31.2 Å². The molecule has 0 aliphatic carbocycles. The highest BCUT2D eigenvalue weighted by molar-refractivity contribution is 5.86. The Hall–Kier alpha value is -1.34. The molecule has 3 N–H and O–H groups in total. The average molecular weight is 286 g/mol. The standard InChI is InChI=1S/C13H22N2O5/c16-9-10-1-5-15(6-2-10)12(19)14-13(11(17)18)3-7-20-8-4-13/h10,16H,1-9H2,(H,14,19)(H,17,18). The van der Waals surface area contributed by atoms with E-state index in [-0.39, 0.29) is 18.6 Å². The number of nitrogens with one attached hydrogen (secondary N) is 1. The number of hydrogen-bond acceptors (Lipinski definition) is 4. The first-order chi connectivity index (χ1) is 9.57. The molecule has 0 aromatic heterocycles. The summed E-state index contributed by atoms with van der Waals surface area (Å²) in [5, 5.41) is 21.2. The van der Waals surface area contributed by atoms with Gasteiger partial charge in [-0.25, -0.2) is 9.59 Å². The molecule has 2 fully saturated rings. The van der Waals surface area contributed by atoms with Crippen molar-refractivity contribution in [3.05, 3.63) is 0 Å². The van der Waals surface area contributed by atoms with Crippen LogP contribution in [0.4, 0.5) is 4.79 Å². The summed E-state index contributed by atoms with van der Waals surface area (Å²) in [6.45, 7) is 1.96. The second-order valence-electron chi connectivity index (χ2n) is 5.54. The summed E-state index contributed by atoms with van der Waals surface area (Å²) in [5.74, 6) is -0.755. The summed E-state index contributed by atoms with van der Waals surface area (Å²) in [5.41, 5.74) is -1.21. The number of carbonyl (C=O) groups is 2. The molecule has 0 spiro atoms. The molecule has 0 atom stereocenters. The van der Waals surface area contributed by atoms with E-state index in [4.69, 9.17) is 9.84 Å². The zero-order valence-corrected chi connectivity index (χ0v) is 11.5. The number of ether oxygens (including phenoxy) is 1. The van der Waals surface area contributed by atoms with Crippen LogP contribution in [0.2, 0.25) is 0 Å². The quantitative estimate of drug-likeness (QED) is 0.680. The molecule has 7 nitrogen and oxygen atoms in total. The van der Waals surface area contributed by atoms with Gasteiger partial charge in [0.15, 0.2) is 0 Å². The molecule has 2 aliphatic heterocycles. The number of urea groups is 1. The number of carbonyl (C=O) groups excluding carboxylic acids is 1. The SMILES string of the molecule is O=C(NC1(C(=O)O)CCOCC1)N1CCC(CO)CC1. The van der Waals surface area contributed by atoms with Crippen LogP contribution in [0.15, 0.2) is 0 Å². The predicted molar refractivity (Wildman–Crippen MR) is 70.3 cm³/mol. The van der Waals surface area contributed by atoms with Gasteiger partial charge in [0.2, 0.25) is 0 Å². The highest BCUT2D eigenvalue weighted by Gasteiger charge is 2.42. The first kappa shape index (κ1) is 15.1. The van der Waals surface area contributed by atoms with E-state index < -0.39 is 11.5 Å². The zero-order valence-electron chi connectivity index (χ0n) is 11.5. The maximum atomic E-state index is 12.2. The van der Waals surface area contributed by atoms with Crippen LogP contribution in [0.5, 0.6) is 0 Å². The van der Waals surface area contributed by atoms with Gasteiger partial charge >= 0.3 is 12.0 Å². The molecule has 2 aliphatic rings. The molecule has 0 aromatic rings. The van der Waals surface area contributed by atoms with E-state index in [0.29, 0.717) is 39.1 Å². The van der Waals surface area contributed by atoms with E-state index >= 15 is 0 Å². The van der Waals surface area contributed by atoms with E-state index in [0.717, 1.165) is 12.8 Å². The summed E-state index contributed by atoms with van der Waals surface area (Å²) in [6, 6.07) is -0.328. The minimum absolute atomic E-state index is 0.145. The van der Waals surface area contributed by atoms with Crippen molar-refractivity contribution < 1.29 is 24.5 Å². The molecule has 2 rings (SSSR count). The number of likely N-dealkylation sites (tertiary alicyclic amines) is 1. The lowest BCUT2D eigenvalue weighted by Crippen LogP contribution is -2.60. The first-order valence-corrected chi connectivity index (χ1v) is 7.06. The molecule has 7 heteroatoms. The number of aliphatic carboxylic acids is 1. The number of aliphatic hydroxyl groups excluding tert-OH is 1. The molecule has 0 aromatic carbocycles. The Balaban J connectivity index is 1.94. The number of piperidine rings is 1. The van der Waals surface area contributed by atoms with E-state index in [1.54, 1.807) is 4.90 Å². The van der Waals surface area contributed by atoms with Crippen molar-refractivity contribution in [1.29, 1.82) is 0 Å². The zero-order chi connectivity index (χ0) is 14.6. The van der Waals surface area contributed by atoms with Crippen LogP contribution in [0.1, 0.15) is 25.7 Å². The third-order valence-electron chi connectivity index (χ3n) is 4.26. The largest absolute Gasteiger partial charge is 0.480 e. The number of nitrogens with zero attached hydrogens (tertiary/aromatic N) is 1. The second kappa shape index (κ2) is 6.41. The predicted octanol–water partition coefficient (Wildman–Crippen LogP) is 0.0341. The molecule has 2 amide bonds. The van der Waals surface area contributed by atoms with Gasteiger partial charge in [0.25, 0.3) is 0 Å². The van der Waals surface area contributed by atoms with Gasteiger partial charge in [-0.15, -0.1) is 0 Å². The molecule has 0 saturated carbocycles. The molecule has 0 radical (unpaired) electrons. The van der Waals surface area contributed by atoms with E-state index in [1.807, 2.05) is 0 Å². The van der Waals surface area contributed by atoms with Crippen molar-refractivity contribution in [1.82, 2.24) is 10.2 Å². The third kappa shape index (κ3) is 3.21. The number of aliphatic hydroxyl groups is 1. The van der Waals surface area contributed by atoms with Gasteiger partial charge < -0.3 is 25.2 Å². The first-order valence-electron chi connectivity index (χ1n) is 7.06. The number of rotatable bonds is 3. The summed E-state index contributed by atoms with van der Waals surface area (Å²) >= 11 is 0. The summed E-state index contributed by atoms with van der Waals surface area (Å²) < 4.78 is 5.17. The molecule has 20 heavy (non-hydrogen) atoms. The van der Waals surface area contributed by atoms with Crippen molar-refractivity contribution >= 4 is 12.0 Å². The maximum absolute atomic E-state index is 12.2. The summed E-state index contributed by atoms with van der Waals surface area (Å²) in [7, 11) is 0. The number of hydrogen-bond donors (Lipinski definition) is 3. The maximum Gasteiger partial charge on any atom is 0.329 e. The lowest BCUT2D eigenvalue weighted by Gasteiger charge is -2.37. The van der Waals surface area contributed by atoms with E-state index in [2.05, 4.69) is 5.32 Å². The van der Waals surface area contributed by atoms with Crippen LogP contribution in [-0.4, -0.2) is 65.6 Å². The van der Waals surface area contributed by atoms with Crippen molar-refractivity contribution in [2.75, 3.05) is 32.9 Å². The number of amides is 2. The third-order valence-corrected chi connectivity index (χ3v) is 4.26. The van der Waals surface area contributed by atoms with Gasteiger partial charge in [-0.2, -0.15) is 0 Å². The Bertz CT molecular complexity index is 360. The van der Waals surface area contributed by atoms with Gasteiger partial charge in [0.1, 0.15) is 5.54 Å². The van der Waals surface area contributed by atoms with Crippen LogP contribution in [0.25, 0.3) is 0 Å². The Labute approximate surface area is 117 Å². The topological polar surface area (TPSA) is 99.1 Å². The summed E-state index contributed by atoms with van der Waals surface area (Å²) in [4.78, 5) is 25.3. The molecular formula is C13H22N2O5. The Morgan fingerprint density at radius 2 is 1.85 bits per heavy atom. The van der Waals surface area contributed by atoms with E-state index in [1.165, 1.54) is 0 Å². The fraction of sp³-hybridized carbons (Fsp3) is 0.846. The Morgan fingerprint density at radius 1 is 1.25 bits per heavy atom. The number of carboxylic acids is 1. The fourth-order valence-electron chi connectivity index (χ4n) is 2.71. The monoisotopic (exact) mass is 286 g/mol. The highest BCUT2D eigenvalue weighted by atomic mass is 16.5. The molecule has 114 valence electrons. The van der Waals surface area contributed by atoms with Gasteiger partial charge in [-0.05, 0) is 18.8 Å². The minimum atomic E-state index is -1.21. The van der Waals surface area contributed by atoms with Gasteiger partial charge in [-0.1, -0.05) is 0 Å². The summed E-state index contributed by atoms with van der Waals surface area (Å²) in [6.07, 6.45) is 2.10. The van der Waals surface area contributed by atoms with Crippen LogP contribution in [0, 0.1) is 5.92 Å². The smallest absolute Gasteiger partial charge is 0.329 e. The normalized spacial score (nSPS) is 23.4. The van der Waals surface area contributed by atoms with E-state index in [9.17, 15) is 14.7 Å². The van der Waals surface area contributed by atoms with Crippen LogP contribution in [0.3, 0.4) is 0 Å². The lowest BCUT2D eigenvalue weighted by atomic mass is 9.90. The molecule has 2 saturated heterocycles. The Kier molecular flexibility index (Phi) is 4.82. The van der Waals surface area contributed by atoms with Gasteiger partial charge in [-0.3, -0.25) is 0 Å². The second-order valence-corrected chi connectivity index (χ2v) is 5.54. The van der Waals surface area contributed by atoms with Gasteiger partial charge in [0.05, 0.1) is 0 Å². The van der Waals surface area contributed by atoms with Crippen LogP contribution < -0.4 is 5.32 Å². The lowest BCUT2D eigenvalue weighted by molar-refractivity contribution is -0.148. The average Bonchev–Trinajstić information content (AvgIpc) is 2.48. The molecule has 2 heterocycles. The highest BCUT2D eigenvalue weighted by Crippen LogP contribution is 2.23. The van der Waals surface area contributed by atoms with Gasteiger partial charge in [0, 0.05) is 45.8 Å². The molecule has 0 unspecified atom stereocenters. The van der Waals surface area contributed by atoms with Crippen molar-refractivity contribution in [3.8, 4) is 0 Å². The fourth-order valence-corrected chi connectivity index (χ4v) is 2.71. The van der Waals surface area contributed by atoms with Crippen molar-refractivity contribution in [3.63, 3.8) is 0 Å². The Morgan fingerprint density at radius 3 is 2.35 bits per heavy atom. The van der Waals surface area contributed by atoms with Crippen LogP contribution in [-0.2, 0) is 9.53 Å². The minimum Gasteiger partial charge on any atom is -0.480 e. The molecule has 0 bridgehead atoms. The number of carboxylic acid groups (broad SMARTS) is 1.